The third-order valence-electron chi connectivity index (χ3n) is 3.30. The van der Waals surface area contributed by atoms with Crippen LogP contribution in [0.3, 0.4) is 0 Å². The molecule has 0 N–H and O–H groups in total. The number of nitrogens with zero attached hydrogens (tertiary/aromatic N) is 2. The molecule has 1 aliphatic heterocycles. The van der Waals surface area contributed by atoms with E-state index in [9.17, 15) is 29.2 Å². The first-order valence-corrected chi connectivity index (χ1v) is 8.29. The predicted octanol–water partition coefficient (Wildman–Crippen LogP) is 1.33. The van der Waals surface area contributed by atoms with Crippen LogP contribution >= 0.6 is 0 Å². The lowest BCUT2D eigenvalue weighted by atomic mass is 10.2. The van der Waals surface area contributed by atoms with Gasteiger partial charge in [0.1, 0.15) is 17.3 Å². The summed E-state index contributed by atoms with van der Waals surface area (Å²) < 4.78 is 22.4. The van der Waals surface area contributed by atoms with Gasteiger partial charge in [0.25, 0.3) is 11.4 Å². The quantitative estimate of drug-likeness (QED) is 0.404. The zero-order valence-electron chi connectivity index (χ0n) is 12.4. The Morgan fingerprint density at radius 1 is 1.33 bits per heavy atom. The molecule has 24 heavy (non-hydrogen) atoms. The Hall–Kier alpha value is -2.40. The van der Waals surface area contributed by atoms with Gasteiger partial charge in [0.2, 0.25) is 0 Å². The topological polar surface area (TPSA) is 139 Å². The molecule has 130 valence electrons. The molecule has 2 unspecified atom stereocenters. The number of nitro benzene ring substituents is 2. The molecule has 0 spiro atoms. The summed E-state index contributed by atoms with van der Waals surface area (Å²) in [6.45, 7) is 0.640. The Balaban J connectivity index is 2.04. The van der Waals surface area contributed by atoms with Crippen molar-refractivity contribution in [1.29, 1.82) is 0 Å². The number of nitro groups is 2. The molecular weight excluding hydrogens is 344 g/mol. The smallest absolute Gasteiger partial charge is 0.319 e. The standard InChI is InChI=1S/C13H14N2O8S/c16-13(23-7-10-2-1-5-22-10)8-24(21)12-4-3-9(14(17)18)6-11(12)15(19)20/h3-4,6,10H,1-2,5,7-8H2. The van der Waals surface area contributed by atoms with Crippen LogP contribution in [-0.2, 0) is 25.1 Å². The van der Waals surface area contributed by atoms with Crippen molar-refractivity contribution in [3.8, 4) is 0 Å². The molecule has 2 rings (SSSR count). The summed E-state index contributed by atoms with van der Waals surface area (Å²) in [7, 11) is -2.05. The largest absolute Gasteiger partial charge is 0.462 e. The third-order valence-corrected chi connectivity index (χ3v) is 4.63. The van der Waals surface area contributed by atoms with E-state index in [0.717, 1.165) is 25.0 Å². The lowest BCUT2D eigenvalue weighted by Gasteiger charge is -2.10. The Bertz CT molecular complexity index is 687. The van der Waals surface area contributed by atoms with Crippen molar-refractivity contribution in [3.05, 3.63) is 38.4 Å². The van der Waals surface area contributed by atoms with Crippen LogP contribution in [0.4, 0.5) is 11.4 Å². The van der Waals surface area contributed by atoms with Crippen molar-refractivity contribution < 1.29 is 28.3 Å². The van der Waals surface area contributed by atoms with Crippen LogP contribution in [0, 0.1) is 20.2 Å². The highest BCUT2D eigenvalue weighted by Gasteiger charge is 2.25. The van der Waals surface area contributed by atoms with Crippen LogP contribution < -0.4 is 0 Å². The van der Waals surface area contributed by atoms with E-state index < -0.39 is 43.7 Å². The van der Waals surface area contributed by atoms with Crippen molar-refractivity contribution in [3.63, 3.8) is 0 Å². The van der Waals surface area contributed by atoms with Crippen molar-refractivity contribution in [1.82, 2.24) is 0 Å². The molecule has 0 saturated carbocycles. The Kier molecular flexibility index (Phi) is 5.93. The number of esters is 1. The maximum absolute atomic E-state index is 12.2. The number of benzene rings is 1. The Labute approximate surface area is 138 Å². The molecule has 10 nitrogen and oxygen atoms in total. The maximum Gasteiger partial charge on any atom is 0.319 e. The number of hydrogen-bond acceptors (Lipinski definition) is 8. The van der Waals surface area contributed by atoms with Gasteiger partial charge in [-0.05, 0) is 18.9 Å². The summed E-state index contributed by atoms with van der Waals surface area (Å²) in [5, 5.41) is 21.7. The molecule has 0 bridgehead atoms. The van der Waals surface area contributed by atoms with E-state index in [1.807, 2.05) is 0 Å². The second-order valence-electron chi connectivity index (χ2n) is 4.97. The van der Waals surface area contributed by atoms with E-state index in [-0.39, 0.29) is 17.6 Å². The molecule has 1 saturated heterocycles. The summed E-state index contributed by atoms with van der Waals surface area (Å²) in [5.41, 5.74) is -1.17. The monoisotopic (exact) mass is 358 g/mol. The fraction of sp³-hybridized carbons (Fsp3) is 0.462. The molecular formula is C13H14N2O8S. The van der Waals surface area contributed by atoms with E-state index in [1.54, 1.807) is 0 Å². The van der Waals surface area contributed by atoms with Gasteiger partial charge in [-0.1, -0.05) is 0 Å². The highest BCUT2D eigenvalue weighted by atomic mass is 32.2. The Morgan fingerprint density at radius 2 is 2.08 bits per heavy atom. The zero-order chi connectivity index (χ0) is 17.7. The van der Waals surface area contributed by atoms with Crippen molar-refractivity contribution >= 4 is 28.1 Å². The second-order valence-corrected chi connectivity index (χ2v) is 6.39. The number of ether oxygens (including phenoxy) is 2. The molecule has 0 aliphatic carbocycles. The molecule has 1 heterocycles. The lowest BCUT2D eigenvalue weighted by molar-refractivity contribution is -0.396. The maximum atomic E-state index is 12.2. The van der Waals surface area contributed by atoms with Crippen molar-refractivity contribution in [2.45, 2.75) is 23.8 Å². The molecule has 1 aromatic rings. The number of non-ortho nitro benzene ring substituents is 1. The first-order chi connectivity index (χ1) is 11.4. The van der Waals surface area contributed by atoms with Gasteiger partial charge >= 0.3 is 5.97 Å². The molecule has 2 atom stereocenters. The number of carbonyl (C=O) groups excluding carboxylic acids is 1. The predicted molar refractivity (Wildman–Crippen MR) is 81.0 cm³/mol. The molecule has 11 heteroatoms. The van der Waals surface area contributed by atoms with Crippen LogP contribution in [0.15, 0.2) is 23.1 Å². The molecule has 1 aliphatic rings. The lowest BCUT2D eigenvalue weighted by Crippen LogP contribution is -2.21. The minimum Gasteiger partial charge on any atom is -0.462 e. The number of hydrogen-bond donors (Lipinski definition) is 0. The average molecular weight is 358 g/mol. The zero-order valence-corrected chi connectivity index (χ0v) is 13.2. The van der Waals surface area contributed by atoms with E-state index in [4.69, 9.17) is 9.47 Å². The molecule has 0 amide bonds. The first kappa shape index (κ1) is 17.9. The highest BCUT2D eigenvalue weighted by molar-refractivity contribution is 7.85. The molecule has 1 fully saturated rings. The van der Waals surface area contributed by atoms with E-state index in [1.165, 1.54) is 0 Å². The van der Waals surface area contributed by atoms with Crippen molar-refractivity contribution in [2.24, 2.45) is 0 Å². The van der Waals surface area contributed by atoms with Gasteiger partial charge in [-0.25, -0.2) is 0 Å². The minimum atomic E-state index is -2.05. The highest BCUT2D eigenvalue weighted by Crippen LogP contribution is 2.27. The van der Waals surface area contributed by atoms with Crippen molar-refractivity contribution in [2.75, 3.05) is 19.0 Å². The molecule has 0 aromatic heterocycles. The number of carbonyl (C=O) groups is 1. The van der Waals surface area contributed by atoms with Gasteiger partial charge in [-0.15, -0.1) is 0 Å². The van der Waals surface area contributed by atoms with Crippen LogP contribution in [0.5, 0.6) is 0 Å². The summed E-state index contributed by atoms with van der Waals surface area (Å²) in [6.07, 6.45) is 1.46. The minimum absolute atomic E-state index is 0.0401. The summed E-state index contributed by atoms with van der Waals surface area (Å²) >= 11 is 0. The van der Waals surface area contributed by atoms with E-state index in [0.29, 0.717) is 12.7 Å². The van der Waals surface area contributed by atoms with Gasteiger partial charge < -0.3 is 9.47 Å². The Morgan fingerprint density at radius 3 is 2.67 bits per heavy atom. The SMILES string of the molecule is O=C(CS(=O)c1ccc([N+](=O)[O-])cc1[N+](=O)[O-])OCC1CCCO1. The van der Waals surface area contributed by atoms with Gasteiger partial charge in [0, 0.05) is 12.7 Å². The normalized spacial score (nSPS) is 18.1. The summed E-state index contributed by atoms with van der Waals surface area (Å²) in [4.78, 5) is 31.4. The summed E-state index contributed by atoms with van der Waals surface area (Å²) in [5.74, 6) is -1.36. The first-order valence-electron chi connectivity index (χ1n) is 6.97. The fourth-order valence-corrected chi connectivity index (χ4v) is 3.18. The fourth-order valence-electron chi connectivity index (χ4n) is 2.14. The summed E-state index contributed by atoms with van der Waals surface area (Å²) in [6, 6.07) is 2.72. The van der Waals surface area contributed by atoms with Gasteiger partial charge in [-0.2, -0.15) is 0 Å². The van der Waals surface area contributed by atoms with Gasteiger partial charge in [-0.3, -0.25) is 29.2 Å². The van der Waals surface area contributed by atoms with Crippen LogP contribution in [0.25, 0.3) is 0 Å². The third kappa shape index (κ3) is 4.55. The van der Waals surface area contributed by atoms with Crippen LogP contribution in [0.1, 0.15) is 12.8 Å². The number of rotatable bonds is 7. The second kappa shape index (κ2) is 7.93. The average Bonchev–Trinajstić information content (AvgIpc) is 3.05. The van der Waals surface area contributed by atoms with Crippen LogP contribution in [-0.4, -0.2) is 45.1 Å². The molecule has 1 aromatic carbocycles. The van der Waals surface area contributed by atoms with Gasteiger partial charge in [0.05, 0.1) is 32.8 Å². The van der Waals surface area contributed by atoms with Crippen LogP contribution in [0.2, 0.25) is 0 Å². The molecule has 0 radical (unpaired) electrons. The van der Waals surface area contributed by atoms with E-state index >= 15 is 0 Å². The van der Waals surface area contributed by atoms with E-state index in [2.05, 4.69) is 0 Å². The van der Waals surface area contributed by atoms with Gasteiger partial charge in [0.15, 0.2) is 0 Å².